The van der Waals surface area contributed by atoms with Crippen molar-refractivity contribution in [3.05, 3.63) is 93.0 Å². The Morgan fingerprint density at radius 2 is 1.38 bits per heavy atom. The summed E-state index contributed by atoms with van der Waals surface area (Å²) in [5, 5.41) is 8.42. The van der Waals surface area contributed by atoms with Gasteiger partial charge in [-0.3, -0.25) is 30.0 Å². The van der Waals surface area contributed by atoms with Gasteiger partial charge in [-0.05, 0) is 66.9 Å². The van der Waals surface area contributed by atoms with Gasteiger partial charge < -0.3 is 24.0 Å². The van der Waals surface area contributed by atoms with Gasteiger partial charge in [0.1, 0.15) is 5.75 Å². The number of amides is 2. The van der Waals surface area contributed by atoms with Crippen LogP contribution < -0.4 is 15.4 Å². The SMILES string of the molecule is CCOc1cc(C)c(S(=O)(=O)N(C)OC)cc1C1(C(=O)N2CCN(CC(=O)N(CCOC)CCOC)CC2)N[C@H](c2ccc(Cl)cc2)[C@H](c2ccc(Cl)cc2)N1. The number of halogens is 2. The van der Waals surface area contributed by atoms with E-state index in [-0.39, 0.29) is 35.4 Å². The predicted octanol–water partition coefficient (Wildman–Crippen LogP) is 3.98. The normalized spacial score (nSPS) is 20.4. The van der Waals surface area contributed by atoms with E-state index in [9.17, 15) is 13.2 Å². The van der Waals surface area contributed by atoms with Crippen molar-refractivity contribution in [3.8, 4) is 5.75 Å². The van der Waals surface area contributed by atoms with Crippen molar-refractivity contribution >= 4 is 45.0 Å². The average Bonchev–Trinajstić information content (AvgIpc) is 3.59. The van der Waals surface area contributed by atoms with Crippen molar-refractivity contribution in [1.29, 1.82) is 0 Å². The molecule has 0 saturated carbocycles. The van der Waals surface area contributed by atoms with Gasteiger partial charge in [-0.15, -0.1) is 0 Å². The number of ether oxygens (including phenoxy) is 3. The number of hydrogen-bond donors (Lipinski definition) is 2. The Balaban J connectivity index is 1.59. The zero-order chi connectivity index (χ0) is 40.6. The number of nitrogens with one attached hydrogen (secondary N) is 2. The molecule has 3 aromatic rings. The van der Waals surface area contributed by atoms with E-state index in [1.165, 1.54) is 20.2 Å². The van der Waals surface area contributed by atoms with Crippen LogP contribution in [-0.2, 0) is 39.6 Å². The maximum atomic E-state index is 15.4. The highest BCUT2D eigenvalue weighted by Gasteiger charge is 2.55. The molecule has 3 atom stereocenters. The van der Waals surface area contributed by atoms with Crippen molar-refractivity contribution in [2.75, 3.05) is 94.0 Å². The van der Waals surface area contributed by atoms with Crippen LogP contribution in [0.25, 0.3) is 0 Å². The molecule has 14 nitrogen and oxygen atoms in total. The van der Waals surface area contributed by atoms with Gasteiger partial charge in [0, 0.05) is 76.1 Å². The number of nitrogens with zero attached hydrogens (tertiary/aromatic N) is 4. The standard InChI is InChI=1S/C39H52Cl2N6O8S/c1-7-55-33-24-27(2)34(56(50,51)44(3)54-6)25-32(33)39(38(49)47-18-16-45(17-19-47)26-35(48)46(20-22-52-4)21-23-53-5)42-36(28-8-12-30(40)13-9-28)37(43-39)29-10-14-31(41)15-11-29/h8-15,24-25,36-37,42-43H,7,16-23,26H2,1-6H3/t36-,37+,39?. The van der Waals surface area contributed by atoms with E-state index in [0.29, 0.717) is 73.8 Å². The first kappa shape index (κ1) is 43.8. The molecular weight excluding hydrogens is 783 g/mol. The number of sulfonamides is 1. The smallest absolute Gasteiger partial charge is 0.265 e. The lowest BCUT2D eigenvalue weighted by atomic mass is 9.95. The molecule has 5 rings (SSSR count). The molecule has 3 aromatic carbocycles. The maximum Gasteiger partial charge on any atom is 0.265 e. The second-order valence-corrected chi connectivity index (χ2v) is 16.5. The zero-order valence-electron chi connectivity index (χ0n) is 32.7. The molecule has 2 heterocycles. The van der Waals surface area contributed by atoms with Crippen LogP contribution in [0.15, 0.2) is 65.6 Å². The Morgan fingerprint density at radius 1 is 0.857 bits per heavy atom. The lowest BCUT2D eigenvalue weighted by Crippen LogP contribution is -2.62. The fourth-order valence-electron chi connectivity index (χ4n) is 7.11. The Kier molecular flexibility index (Phi) is 15.2. The van der Waals surface area contributed by atoms with Crippen LogP contribution in [0.4, 0.5) is 0 Å². The summed E-state index contributed by atoms with van der Waals surface area (Å²) in [7, 11) is 1.59. The molecule has 2 N–H and O–H groups in total. The average molecular weight is 836 g/mol. The molecule has 56 heavy (non-hydrogen) atoms. The lowest BCUT2D eigenvalue weighted by molar-refractivity contribution is -0.142. The lowest BCUT2D eigenvalue weighted by Gasteiger charge is -2.41. The topological polar surface area (TPSA) is 142 Å². The maximum absolute atomic E-state index is 15.4. The van der Waals surface area contributed by atoms with Crippen LogP contribution in [0.1, 0.15) is 41.3 Å². The first-order valence-corrected chi connectivity index (χ1v) is 20.6. The summed E-state index contributed by atoms with van der Waals surface area (Å²) in [6, 6.07) is 16.8. The molecule has 0 aliphatic carbocycles. The van der Waals surface area contributed by atoms with Crippen LogP contribution in [0.2, 0.25) is 10.0 Å². The molecule has 2 aliphatic heterocycles. The number of hydroxylamine groups is 1. The van der Waals surface area contributed by atoms with E-state index in [2.05, 4.69) is 10.6 Å². The summed E-state index contributed by atoms with van der Waals surface area (Å²) >= 11 is 12.7. The molecule has 2 saturated heterocycles. The van der Waals surface area contributed by atoms with E-state index in [1.807, 2.05) is 36.1 Å². The first-order valence-electron chi connectivity index (χ1n) is 18.4. The fraction of sp³-hybridized carbons (Fsp3) is 0.487. The van der Waals surface area contributed by atoms with Gasteiger partial charge in [-0.1, -0.05) is 51.9 Å². The van der Waals surface area contributed by atoms with Gasteiger partial charge in [0.25, 0.3) is 15.9 Å². The van der Waals surface area contributed by atoms with E-state index < -0.39 is 27.8 Å². The minimum Gasteiger partial charge on any atom is -0.493 e. The van der Waals surface area contributed by atoms with Crippen LogP contribution >= 0.6 is 23.2 Å². The molecule has 0 radical (unpaired) electrons. The Hall–Kier alpha value is -3.35. The molecule has 306 valence electrons. The number of carbonyl (C=O) groups is 2. The summed E-state index contributed by atoms with van der Waals surface area (Å²) < 4.78 is 45.2. The molecule has 2 amide bonds. The van der Waals surface area contributed by atoms with Crippen molar-refractivity contribution in [2.24, 2.45) is 0 Å². The van der Waals surface area contributed by atoms with Gasteiger partial charge >= 0.3 is 0 Å². The first-order chi connectivity index (χ1) is 26.8. The number of aryl methyl sites for hydroxylation is 1. The van der Waals surface area contributed by atoms with Crippen molar-refractivity contribution < 1.29 is 37.1 Å². The number of piperazine rings is 1. The second-order valence-electron chi connectivity index (χ2n) is 13.7. The molecule has 2 aliphatic rings. The summed E-state index contributed by atoms with van der Waals surface area (Å²) in [6.45, 7) is 7.09. The number of benzene rings is 3. The van der Waals surface area contributed by atoms with Crippen LogP contribution in [0, 0.1) is 6.92 Å². The van der Waals surface area contributed by atoms with Crippen molar-refractivity contribution in [1.82, 2.24) is 29.8 Å². The summed E-state index contributed by atoms with van der Waals surface area (Å²) in [4.78, 5) is 39.4. The molecule has 2 fully saturated rings. The number of carbonyl (C=O) groups excluding carboxylic acids is 2. The van der Waals surface area contributed by atoms with E-state index >= 15 is 4.79 Å². The monoisotopic (exact) mass is 834 g/mol. The predicted molar refractivity (Wildman–Crippen MR) is 214 cm³/mol. The number of methoxy groups -OCH3 is 2. The summed E-state index contributed by atoms with van der Waals surface area (Å²) in [5.74, 6) is -0.0590. The molecule has 17 heteroatoms. The van der Waals surface area contributed by atoms with Crippen LogP contribution in [0.3, 0.4) is 0 Å². The van der Waals surface area contributed by atoms with Gasteiger partial charge in [0.05, 0.1) is 50.5 Å². The Bertz CT molecular complexity index is 1850. The van der Waals surface area contributed by atoms with E-state index in [0.717, 1.165) is 15.6 Å². The molecule has 0 aromatic heterocycles. The van der Waals surface area contributed by atoms with Crippen LogP contribution in [0.5, 0.6) is 5.75 Å². The Morgan fingerprint density at radius 3 is 1.84 bits per heavy atom. The second kappa shape index (κ2) is 19.4. The third-order valence-electron chi connectivity index (χ3n) is 10.2. The number of hydrogen-bond acceptors (Lipinski definition) is 11. The van der Waals surface area contributed by atoms with Crippen molar-refractivity contribution in [2.45, 2.75) is 36.5 Å². The minimum atomic E-state index is -4.17. The number of rotatable bonds is 17. The third kappa shape index (κ3) is 9.67. The van der Waals surface area contributed by atoms with Gasteiger partial charge in [-0.2, -0.15) is 0 Å². The summed E-state index contributed by atoms with van der Waals surface area (Å²) in [5.41, 5.74) is 0.663. The van der Waals surface area contributed by atoms with E-state index in [4.69, 9.17) is 42.3 Å². The Labute approximate surface area is 339 Å². The molecular formula is C39H52Cl2N6O8S. The zero-order valence-corrected chi connectivity index (χ0v) is 35.0. The van der Waals surface area contributed by atoms with Crippen LogP contribution in [-0.4, -0.2) is 133 Å². The summed E-state index contributed by atoms with van der Waals surface area (Å²) in [6.07, 6.45) is 0. The highest BCUT2D eigenvalue weighted by atomic mass is 35.5. The molecule has 1 unspecified atom stereocenters. The van der Waals surface area contributed by atoms with Gasteiger partial charge in [0.2, 0.25) is 5.91 Å². The fourth-order valence-corrected chi connectivity index (χ4v) is 8.56. The molecule has 0 spiro atoms. The highest BCUT2D eigenvalue weighted by Crippen LogP contribution is 2.46. The molecule has 0 bridgehead atoms. The van der Waals surface area contributed by atoms with E-state index in [1.54, 1.807) is 61.3 Å². The largest absolute Gasteiger partial charge is 0.493 e. The van der Waals surface area contributed by atoms with Gasteiger partial charge in [0.15, 0.2) is 5.66 Å². The third-order valence-corrected chi connectivity index (χ3v) is 12.5. The minimum absolute atomic E-state index is 0.0519. The highest BCUT2D eigenvalue weighted by molar-refractivity contribution is 7.89. The van der Waals surface area contributed by atoms with Gasteiger partial charge in [-0.25, -0.2) is 8.42 Å². The quantitative estimate of drug-likeness (QED) is 0.191. The van der Waals surface area contributed by atoms with Crippen molar-refractivity contribution in [3.63, 3.8) is 0 Å².